The number of aliphatic hydroxyl groups is 1. The largest absolute Gasteiger partial charge is 0.453 e. The van der Waals surface area contributed by atoms with Crippen molar-refractivity contribution in [2.75, 3.05) is 0 Å². The van der Waals surface area contributed by atoms with Crippen LogP contribution in [0.25, 0.3) is 0 Å². The number of hydrogen-bond acceptors (Lipinski definition) is 3. The van der Waals surface area contributed by atoms with Crippen molar-refractivity contribution in [2.45, 2.75) is 32.5 Å². The van der Waals surface area contributed by atoms with Crippen LogP contribution >= 0.6 is 0 Å². The van der Waals surface area contributed by atoms with E-state index >= 15 is 0 Å². The highest BCUT2D eigenvalue weighted by Gasteiger charge is 2.21. The molecule has 0 aromatic rings. The Kier molecular flexibility index (Phi) is 3.24. The molecule has 0 aliphatic heterocycles. The van der Waals surface area contributed by atoms with Crippen LogP contribution in [0.1, 0.15) is 26.7 Å². The molecule has 54 valence electrons. The maximum absolute atomic E-state index is 9.26. The molecule has 0 rings (SSSR count). The van der Waals surface area contributed by atoms with Crippen LogP contribution in [-0.4, -0.2) is 17.3 Å². The first kappa shape index (κ1) is 8.43. The third-order valence-electron chi connectivity index (χ3n) is 1.38. The summed E-state index contributed by atoms with van der Waals surface area (Å²) in [4.78, 5) is 0. The highest BCUT2D eigenvalue weighted by atomic mass is 16.6. The van der Waals surface area contributed by atoms with Gasteiger partial charge in [0.2, 0.25) is 5.79 Å². The van der Waals surface area contributed by atoms with Gasteiger partial charge in [0.25, 0.3) is 0 Å². The Morgan fingerprint density at radius 2 is 2.00 bits per heavy atom. The normalized spacial score (nSPS) is 11.0. The van der Waals surface area contributed by atoms with Crippen molar-refractivity contribution >= 4 is 6.40 Å². The minimum atomic E-state index is -1.11. The molecule has 3 heteroatoms. The minimum Gasteiger partial charge on any atom is -0.453 e. The summed E-state index contributed by atoms with van der Waals surface area (Å²) < 4.78 is 4.62. The highest BCUT2D eigenvalue weighted by Crippen LogP contribution is 2.14. The Bertz CT molecular complexity index is 89.1. The number of rotatable bonds is 4. The lowest BCUT2D eigenvalue weighted by atomic mass is 10.1. The maximum Gasteiger partial charge on any atom is 0.208 e. The van der Waals surface area contributed by atoms with Crippen molar-refractivity contribution in [1.82, 2.24) is 0 Å². The average Bonchev–Trinajstić information content (AvgIpc) is 1.89. The van der Waals surface area contributed by atoms with E-state index in [1.165, 1.54) is 0 Å². The van der Waals surface area contributed by atoms with Gasteiger partial charge in [-0.15, -0.1) is 0 Å². The van der Waals surface area contributed by atoms with Crippen LogP contribution in [-0.2, 0) is 4.74 Å². The highest BCUT2D eigenvalue weighted by molar-refractivity contribution is 5.41. The number of nitrogens with one attached hydrogen (secondary N) is 1. The van der Waals surface area contributed by atoms with Crippen LogP contribution in [0.3, 0.4) is 0 Å². The summed E-state index contributed by atoms with van der Waals surface area (Å²) in [6, 6.07) is 0. The molecular formula is C6H13NO2. The van der Waals surface area contributed by atoms with Gasteiger partial charge in [-0.2, -0.15) is 0 Å². The zero-order valence-corrected chi connectivity index (χ0v) is 5.85. The third-order valence-corrected chi connectivity index (χ3v) is 1.38. The quantitative estimate of drug-likeness (QED) is 0.341. The lowest BCUT2D eigenvalue weighted by Crippen LogP contribution is -2.29. The SMILES string of the molecule is CCC(O)(CC)OC=N. The lowest BCUT2D eigenvalue weighted by Gasteiger charge is -2.22. The first-order valence-corrected chi connectivity index (χ1v) is 3.07. The summed E-state index contributed by atoms with van der Waals surface area (Å²) in [6.45, 7) is 3.62. The van der Waals surface area contributed by atoms with Crippen molar-refractivity contribution in [1.29, 1.82) is 5.41 Å². The van der Waals surface area contributed by atoms with E-state index in [-0.39, 0.29) is 0 Å². The molecule has 0 unspecified atom stereocenters. The first-order valence-electron chi connectivity index (χ1n) is 3.07. The predicted molar refractivity (Wildman–Crippen MR) is 35.4 cm³/mol. The summed E-state index contributed by atoms with van der Waals surface area (Å²) in [6.07, 6.45) is 1.80. The van der Waals surface area contributed by atoms with Gasteiger partial charge >= 0.3 is 0 Å². The van der Waals surface area contributed by atoms with E-state index in [0.717, 1.165) is 6.40 Å². The van der Waals surface area contributed by atoms with Gasteiger partial charge < -0.3 is 9.84 Å². The summed E-state index contributed by atoms with van der Waals surface area (Å²) in [5, 5.41) is 15.8. The van der Waals surface area contributed by atoms with Crippen molar-refractivity contribution in [3.05, 3.63) is 0 Å². The molecule has 0 atom stereocenters. The van der Waals surface area contributed by atoms with Gasteiger partial charge in [-0.1, -0.05) is 13.8 Å². The van der Waals surface area contributed by atoms with Crippen LogP contribution in [0.4, 0.5) is 0 Å². The molecule has 0 amide bonds. The van der Waals surface area contributed by atoms with Crippen LogP contribution < -0.4 is 0 Å². The molecule has 0 fully saturated rings. The molecule has 2 N–H and O–H groups in total. The standard InChI is InChI=1S/C6H13NO2/c1-3-6(8,4-2)9-5-7/h5,7-8H,3-4H2,1-2H3. The van der Waals surface area contributed by atoms with Crippen LogP contribution in [0.15, 0.2) is 0 Å². The molecule has 9 heavy (non-hydrogen) atoms. The zero-order valence-electron chi connectivity index (χ0n) is 5.85. The van der Waals surface area contributed by atoms with E-state index in [2.05, 4.69) is 4.74 Å². The number of hydrogen-bond donors (Lipinski definition) is 2. The van der Waals surface area contributed by atoms with Gasteiger partial charge in [0.05, 0.1) is 0 Å². The Balaban J connectivity index is 3.75. The predicted octanol–water partition coefficient (Wildman–Crippen LogP) is 1.12. The van der Waals surface area contributed by atoms with Crippen LogP contribution in [0, 0.1) is 5.41 Å². The molecular weight excluding hydrogens is 118 g/mol. The van der Waals surface area contributed by atoms with E-state index in [0.29, 0.717) is 12.8 Å². The van der Waals surface area contributed by atoms with Gasteiger partial charge in [-0.3, -0.25) is 5.41 Å². The van der Waals surface area contributed by atoms with Crippen molar-refractivity contribution in [3.63, 3.8) is 0 Å². The molecule has 0 bridgehead atoms. The minimum absolute atomic E-state index is 0.513. The van der Waals surface area contributed by atoms with Crippen LogP contribution in [0.5, 0.6) is 0 Å². The van der Waals surface area contributed by atoms with E-state index in [9.17, 15) is 5.11 Å². The molecule has 3 nitrogen and oxygen atoms in total. The van der Waals surface area contributed by atoms with Gasteiger partial charge in [0, 0.05) is 12.8 Å². The monoisotopic (exact) mass is 131 g/mol. The summed E-state index contributed by atoms with van der Waals surface area (Å²) in [5.41, 5.74) is 0. The summed E-state index contributed by atoms with van der Waals surface area (Å²) >= 11 is 0. The Morgan fingerprint density at radius 3 is 2.11 bits per heavy atom. The van der Waals surface area contributed by atoms with E-state index in [1.54, 1.807) is 0 Å². The second kappa shape index (κ2) is 3.45. The topological polar surface area (TPSA) is 53.3 Å². The molecule has 0 saturated carbocycles. The van der Waals surface area contributed by atoms with Crippen LogP contribution in [0.2, 0.25) is 0 Å². The fourth-order valence-electron chi connectivity index (χ4n) is 0.526. The smallest absolute Gasteiger partial charge is 0.208 e. The summed E-state index contributed by atoms with van der Waals surface area (Å²) in [7, 11) is 0. The van der Waals surface area contributed by atoms with Gasteiger partial charge in [-0.05, 0) is 0 Å². The Labute approximate surface area is 55.2 Å². The van der Waals surface area contributed by atoms with E-state index in [4.69, 9.17) is 5.41 Å². The van der Waals surface area contributed by atoms with Crippen molar-refractivity contribution in [3.8, 4) is 0 Å². The van der Waals surface area contributed by atoms with Gasteiger partial charge in [0.15, 0.2) is 6.40 Å². The van der Waals surface area contributed by atoms with E-state index < -0.39 is 5.79 Å². The molecule has 0 saturated heterocycles. The molecule has 0 aromatic heterocycles. The Hall–Kier alpha value is -0.570. The Morgan fingerprint density at radius 1 is 1.56 bits per heavy atom. The molecule has 0 aromatic carbocycles. The second-order valence-electron chi connectivity index (χ2n) is 1.89. The zero-order chi connectivity index (χ0) is 7.33. The molecule has 0 aliphatic carbocycles. The molecule has 0 radical (unpaired) electrons. The van der Waals surface area contributed by atoms with Gasteiger partial charge in [-0.25, -0.2) is 0 Å². The summed E-state index contributed by atoms with van der Waals surface area (Å²) in [5.74, 6) is -1.11. The molecule has 0 spiro atoms. The second-order valence-corrected chi connectivity index (χ2v) is 1.89. The maximum atomic E-state index is 9.26. The lowest BCUT2D eigenvalue weighted by molar-refractivity contribution is -0.147. The first-order chi connectivity index (χ1) is 4.18. The number of ether oxygens (including phenoxy) is 1. The third kappa shape index (κ3) is 2.46. The van der Waals surface area contributed by atoms with E-state index in [1.807, 2.05) is 13.8 Å². The molecule has 0 heterocycles. The fraction of sp³-hybridized carbons (Fsp3) is 0.833. The fourth-order valence-corrected chi connectivity index (χ4v) is 0.526. The van der Waals surface area contributed by atoms with Crippen molar-refractivity contribution in [2.24, 2.45) is 0 Å². The van der Waals surface area contributed by atoms with Crippen molar-refractivity contribution < 1.29 is 9.84 Å². The van der Waals surface area contributed by atoms with Gasteiger partial charge in [0.1, 0.15) is 0 Å². The molecule has 0 aliphatic rings. The average molecular weight is 131 g/mol.